The third kappa shape index (κ3) is 7.01. The van der Waals surface area contributed by atoms with Crippen molar-refractivity contribution in [3.05, 3.63) is 113 Å². The van der Waals surface area contributed by atoms with Gasteiger partial charge in [-0.25, -0.2) is 13.2 Å². The molecule has 2 N–H and O–H groups in total. The second kappa shape index (κ2) is 12.9. The average Bonchev–Trinajstić information content (AvgIpc) is 2.98. The van der Waals surface area contributed by atoms with E-state index in [4.69, 9.17) is 4.74 Å². The Kier molecular flexibility index (Phi) is 9.63. The second-order valence-electron chi connectivity index (χ2n) is 10.6. The highest BCUT2D eigenvalue weighted by Gasteiger charge is 2.46. The van der Waals surface area contributed by atoms with Crippen LogP contribution >= 0.6 is 7.14 Å². The van der Waals surface area contributed by atoms with E-state index < -0.39 is 45.9 Å². The molecule has 0 aliphatic carbocycles. The Bertz CT molecular complexity index is 1820. The van der Waals surface area contributed by atoms with Crippen LogP contribution in [0.5, 0.6) is 11.5 Å². The monoisotopic (exact) mass is 643 g/mol. The van der Waals surface area contributed by atoms with Gasteiger partial charge in [-0.05, 0) is 78.4 Å². The fourth-order valence-corrected chi connectivity index (χ4v) is 6.86. The number of methoxy groups -OCH3 is 1. The van der Waals surface area contributed by atoms with Crippen molar-refractivity contribution < 1.29 is 41.5 Å². The van der Waals surface area contributed by atoms with Gasteiger partial charge in [0.1, 0.15) is 16.4 Å². The van der Waals surface area contributed by atoms with E-state index in [1.807, 2.05) is 30.3 Å². The number of phenolic OH excluding ortho intramolecular Hbond substituents is 2. The number of benzene rings is 4. The number of halogens is 2. The second-order valence-corrected chi connectivity index (χ2v) is 15.7. The molecule has 4 rings (SSSR count). The zero-order valence-electron chi connectivity index (χ0n) is 24.3. The van der Waals surface area contributed by atoms with Crippen LogP contribution in [0, 0.1) is 0 Å². The molecule has 0 amide bonds. The molecule has 44 heavy (non-hydrogen) atoms. The molecule has 0 aliphatic rings. The Morgan fingerprint density at radius 1 is 0.864 bits per heavy atom. The molecule has 0 unspecified atom stereocenters. The lowest BCUT2D eigenvalue weighted by molar-refractivity contribution is 0.0600. The first-order valence-electron chi connectivity index (χ1n) is 13.5. The zero-order valence-corrected chi connectivity index (χ0v) is 26.0. The third-order valence-corrected chi connectivity index (χ3v) is 10.6. The number of rotatable bonds is 11. The van der Waals surface area contributed by atoms with Crippen LogP contribution in [0.3, 0.4) is 0 Å². The quantitative estimate of drug-likeness (QED) is 0.139. The van der Waals surface area contributed by atoms with Crippen LogP contribution in [0.2, 0.25) is 0 Å². The lowest BCUT2D eigenvalue weighted by atomic mass is 10.0. The lowest BCUT2D eigenvalue weighted by Gasteiger charge is -2.25. The molecule has 0 heterocycles. The molecule has 0 fully saturated rings. The van der Waals surface area contributed by atoms with Gasteiger partial charge in [0.2, 0.25) is 10.0 Å². The number of para-hydroxylation sites is 1. The van der Waals surface area contributed by atoms with Crippen molar-refractivity contribution >= 4 is 23.1 Å². The van der Waals surface area contributed by atoms with Crippen molar-refractivity contribution in [2.24, 2.45) is 0 Å². The van der Waals surface area contributed by atoms with Crippen LogP contribution in [-0.4, -0.2) is 55.9 Å². The summed E-state index contributed by atoms with van der Waals surface area (Å²) in [5.74, 6) is -1.71. The Morgan fingerprint density at radius 3 is 2.14 bits per heavy atom. The molecule has 8 nitrogen and oxygen atoms in total. The summed E-state index contributed by atoms with van der Waals surface area (Å²) in [5.41, 5.74) is -1.56. The molecule has 4 aromatic carbocycles. The number of aromatic hydroxyl groups is 2. The molecule has 0 aliphatic heterocycles. The van der Waals surface area contributed by atoms with Crippen LogP contribution in [-0.2, 0) is 38.0 Å². The molecule has 0 spiro atoms. The molecule has 232 valence electrons. The summed E-state index contributed by atoms with van der Waals surface area (Å²) in [6.07, 6.45) is 0.256. The van der Waals surface area contributed by atoms with Crippen molar-refractivity contribution in [3.63, 3.8) is 0 Å². The third-order valence-electron chi connectivity index (χ3n) is 7.13. The highest BCUT2D eigenvalue weighted by atomic mass is 32.2. The Morgan fingerprint density at radius 2 is 1.52 bits per heavy atom. The highest BCUT2D eigenvalue weighted by Crippen LogP contribution is 2.61. The summed E-state index contributed by atoms with van der Waals surface area (Å²) in [4.78, 5) is 11.6. The summed E-state index contributed by atoms with van der Waals surface area (Å²) in [6, 6.07) is 22.9. The predicted octanol–water partition coefficient (Wildman–Crippen LogP) is 6.66. The Labute approximate surface area is 255 Å². The summed E-state index contributed by atoms with van der Waals surface area (Å²) in [6.45, 7) is 1.50. The van der Waals surface area contributed by atoms with Gasteiger partial charge in [-0.2, -0.15) is 13.1 Å². The van der Waals surface area contributed by atoms with E-state index in [0.717, 1.165) is 46.5 Å². The van der Waals surface area contributed by atoms with Crippen molar-refractivity contribution in [2.45, 2.75) is 23.5 Å². The van der Waals surface area contributed by atoms with Gasteiger partial charge in [-0.1, -0.05) is 54.6 Å². The first-order chi connectivity index (χ1) is 20.6. The zero-order chi connectivity index (χ0) is 32.3. The fourth-order valence-electron chi connectivity index (χ4n) is 4.58. The van der Waals surface area contributed by atoms with Crippen molar-refractivity contribution in [1.29, 1.82) is 0 Å². The highest BCUT2D eigenvalue weighted by molar-refractivity contribution is 7.89. The van der Waals surface area contributed by atoms with Crippen LogP contribution in [0.15, 0.2) is 95.9 Å². The van der Waals surface area contributed by atoms with Crippen LogP contribution in [0.4, 0.5) is 8.78 Å². The summed E-state index contributed by atoms with van der Waals surface area (Å²) >= 11 is 0. The lowest BCUT2D eigenvalue weighted by Crippen LogP contribution is -2.32. The molecule has 0 atom stereocenters. The summed E-state index contributed by atoms with van der Waals surface area (Å²) in [7, 11) is -6.93. The number of ether oxygens (including phenoxy) is 1. The number of carbonyl (C=O) groups is 1. The first-order valence-corrected chi connectivity index (χ1v) is 17.5. The van der Waals surface area contributed by atoms with Gasteiger partial charge in [0.05, 0.1) is 18.2 Å². The molecule has 0 radical (unpaired) electrons. The number of carbonyl (C=O) groups excluding carboxylic acids is 1. The predicted molar refractivity (Wildman–Crippen MR) is 164 cm³/mol. The topological polar surface area (TPSA) is 121 Å². The molecule has 0 saturated heterocycles. The van der Waals surface area contributed by atoms with Gasteiger partial charge in [0, 0.05) is 13.1 Å². The minimum atomic E-state index is -4.28. The Hall–Kier alpha value is -4.05. The van der Waals surface area contributed by atoms with Gasteiger partial charge in [0.15, 0.2) is 7.14 Å². The van der Waals surface area contributed by atoms with Crippen molar-refractivity contribution in [1.82, 2.24) is 4.31 Å². The molecule has 12 heteroatoms. The van der Waals surface area contributed by atoms with Crippen LogP contribution < -0.4 is 0 Å². The van der Waals surface area contributed by atoms with E-state index in [1.165, 1.54) is 37.4 Å². The van der Waals surface area contributed by atoms with Gasteiger partial charge in [-0.3, -0.25) is 0 Å². The number of esters is 1. The summed E-state index contributed by atoms with van der Waals surface area (Å²) < 4.78 is 74.8. The first kappa shape index (κ1) is 32.9. The smallest absolute Gasteiger partial charge is 0.337 e. The summed E-state index contributed by atoms with van der Waals surface area (Å²) in [5, 5.41) is 20.7. The number of sulfonamides is 1. The average molecular weight is 644 g/mol. The van der Waals surface area contributed by atoms with Gasteiger partial charge in [-0.15, -0.1) is 0 Å². The number of hydrogen-bond acceptors (Lipinski definition) is 7. The van der Waals surface area contributed by atoms with E-state index in [-0.39, 0.29) is 30.0 Å². The molecular weight excluding hydrogens is 611 g/mol. The van der Waals surface area contributed by atoms with Gasteiger partial charge in [0.25, 0.3) is 0 Å². The minimum Gasteiger partial charge on any atom is -0.507 e. The maximum absolute atomic E-state index is 14.7. The standard InChI is InChI=1S/C32H32F2NO7PS/c1-42-31(38)26-8-6-7-25(20-26)24-14-11-22(12-15-24)17-18-35(44(40,41)30-10-5-4-9-28(30)36)21-23-13-16-27(29(37)19-23)32(33,34)43(2,3)39/h4-16,19-20,36-37H,17-18,21H2,1-3H3. The molecular formula is C32H32F2NO7PS. The fraction of sp³-hybridized carbons (Fsp3) is 0.219. The molecule has 4 aromatic rings. The van der Waals surface area contributed by atoms with E-state index in [1.54, 1.807) is 18.2 Å². The van der Waals surface area contributed by atoms with E-state index >= 15 is 0 Å². The largest absolute Gasteiger partial charge is 0.507 e. The van der Waals surface area contributed by atoms with Gasteiger partial charge < -0.3 is 19.5 Å². The normalized spacial score (nSPS) is 12.3. The number of alkyl halides is 2. The van der Waals surface area contributed by atoms with Crippen LogP contribution in [0.1, 0.15) is 27.0 Å². The number of hydrogen-bond donors (Lipinski definition) is 2. The van der Waals surface area contributed by atoms with Crippen LogP contribution in [0.25, 0.3) is 11.1 Å². The molecule has 0 saturated carbocycles. The maximum atomic E-state index is 14.7. The van der Waals surface area contributed by atoms with Crippen molar-refractivity contribution in [3.8, 4) is 22.6 Å². The maximum Gasteiger partial charge on any atom is 0.337 e. The van der Waals surface area contributed by atoms with Gasteiger partial charge >= 0.3 is 11.6 Å². The number of phenols is 2. The van der Waals surface area contributed by atoms with E-state index in [2.05, 4.69) is 0 Å². The van der Waals surface area contributed by atoms with E-state index in [0.29, 0.717) is 5.56 Å². The number of nitrogens with zero attached hydrogens (tertiary/aromatic N) is 1. The minimum absolute atomic E-state index is 0.0500. The SMILES string of the molecule is COC(=O)c1cccc(-c2ccc(CCN(Cc3ccc(C(F)(F)P(C)(C)=O)c(O)c3)S(=O)(=O)c3ccccc3O)cc2)c1. The molecule has 0 bridgehead atoms. The van der Waals surface area contributed by atoms with E-state index in [9.17, 15) is 36.8 Å². The Balaban J connectivity index is 1.61. The van der Waals surface area contributed by atoms with Crippen molar-refractivity contribution in [2.75, 3.05) is 27.0 Å². The molecule has 0 aromatic heterocycles.